The van der Waals surface area contributed by atoms with Crippen molar-refractivity contribution in [2.75, 3.05) is 36.5 Å². The van der Waals surface area contributed by atoms with Gasteiger partial charge in [-0.3, -0.25) is 0 Å². The maximum atomic E-state index is 10.4. The minimum absolute atomic E-state index is 0.249. The van der Waals surface area contributed by atoms with E-state index in [1.165, 1.54) is 0 Å². The van der Waals surface area contributed by atoms with E-state index in [4.69, 9.17) is 0 Å². The molecule has 4 nitrogen and oxygen atoms in total. The van der Waals surface area contributed by atoms with Crippen LogP contribution in [0.5, 0.6) is 0 Å². The highest BCUT2D eigenvalue weighted by atomic mass is 16.3. The quantitative estimate of drug-likeness (QED) is 0.907. The predicted octanol–water partition coefficient (Wildman–Crippen LogP) is 2.04. The number of anilines is 2. The fourth-order valence-electron chi connectivity index (χ4n) is 3.18. The highest BCUT2D eigenvalue weighted by Gasteiger charge is 2.31. The molecule has 22 heavy (non-hydrogen) atoms. The van der Waals surface area contributed by atoms with E-state index in [9.17, 15) is 10.2 Å². The third-order valence-corrected chi connectivity index (χ3v) is 4.31. The Morgan fingerprint density at radius 1 is 0.955 bits per heavy atom. The summed E-state index contributed by atoms with van der Waals surface area (Å²) in [6.45, 7) is 1.44. The molecule has 0 bridgehead atoms. The summed E-state index contributed by atoms with van der Waals surface area (Å²) in [6, 6.07) is 17.9. The summed E-state index contributed by atoms with van der Waals surface area (Å²) >= 11 is 0. The Balaban J connectivity index is 2.04. The SMILES string of the molecule is CN1CCN([C@H](c2ccccc2)[C@@H](O)CO)c2ccccc21. The molecule has 2 aromatic carbocycles. The van der Waals surface area contributed by atoms with Gasteiger partial charge in [-0.1, -0.05) is 42.5 Å². The molecular formula is C18H22N2O2. The Morgan fingerprint density at radius 2 is 1.59 bits per heavy atom. The Bertz CT molecular complexity index is 617. The number of hydrogen-bond acceptors (Lipinski definition) is 4. The van der Waals surface area contributed by atoms with Crippen molar-refractivity contribution >= 4 is 11.4 Å². The van der Waals surface area contributed by atoms with Crippen molar-refractivity contribution in [2.24, 2.45) is 0 Å². The summed E-state index contributed by atoms with van der Waals surface area (Å²) in [7, 11) is 2.08. The van der Waals surface area contributed by atoms with Gasteiger partial charge in [-0.2, -0.15) is 0 Å². The molecule has 0 unspecified atom stereocenters. The van der Waals surface area contributed by atoms with Crippen LogP contribution in [-0.4, -0.2) is 43.1 Å². The topological polar surface area (TPSA) is 46.9 Å². The molecule has 1 aliphatic heterocycles. The lowest BCUT2D eigenvalue weighted by molar-refractivity contribution is 0.0711. The number of likely N-dealkylation sites (N-methyl/N-ethyl adjacent to an activating group) is 1. The van der Waals surface area contributed by atoms with Crippen LogP contribution in [0, 0.1) is 0 Å². The van der Waals surface area contributed by atoms with Gasteiger partial charge in [0.1, 0.15) is 6.10 Å². The molecule has 0 saturated heterocycles. The van der Waals surface area contributed by atoms with Gasteiger partial charge in [0.25, 0.3) is 0 Å². The molecule has 1 heterocycles. The molecule has 3 rings (SSSR count). The van der Waals surface area contributed by atoms with Crippen LogP contribution in [0.4, 0.5) is 11.4 Å². The molecule has 2 atom stereocenters. The summed E-state index contributed by atoms with van der Waals surface area (Å²) < 4.78 is 0. The van der Waals surface area contributed by atoms with Crippen LogP contribution in [0.3, 0.4) is 0 Å². The lowest BCUT2D eigenvalue weighted by Gasteiger charge is -2.43. The number of benzene rings is 2. The van der Waals surface area contributed by atoms with E-state index in [2.05, 4.69) is 29.0 Å². The third kappa shape index (κ3) is 2.67. The first-order valence-corrected chi connectivity index (χ1v) is 7.63. The summed E-state index contributed by atoms with van der Waals surface area (Å²) in [6.07, 6.45) is -0.820. The molecule has 0 radical (unpaired) electrons. The van der Waals surface area contributed by atoms with Gasteiger partial charge in [-0.15, -0.1) is 0 Å². The monoisotopic (exact) mass is 298 g/mol. The van der Waals surface area contributed by atoms with Crippen molar-refractivity contribution in [3.8, 4) is 0 Å². The van der Waals surface area contributed by atoms with Gasteiger partial charge in [0.15, 0.2) is 0 Å². The summed E-state index contributed by atoms with van der Waals surface area (Å²) in [5.41, 5.74) is 3.26. The first-order valence-electron chi connectivity index (χ1n) is 7.63. The van der Waals surface area contributed by atoms with Crippen molar-refractivity contribution in [3.63, 3.8) is 0 Å². The summed E-state index contributed by atoms with van der Waals surface area (Å²) in [5.74, 6) is 0. The van der Waals surface area contributed by atoms with Gasteiger partial charge >= 0.3 is 0 Å². The predicted molar refractivity (Wildman–Crippen MR) is 89.3 cm³/mol. The average Bonchev–Trinajstić information content (AvgIpc) is 2.58. The van der Waals surface area contributed by atoms with Crippen LogP contribution >= 0.6 is 0 Å². The van der Waals surface area contributed by atoms with Crippen molar-refractivity contribution < 1.29 is 10.2 Å². The van der Waals surface area contributed by atoms with Crippen LogP contribution in [0.25, 0.3) is 0 Å². The van der Waals surface area contributed by atoms with E-state index >= 15 is 0 Å². The van der Waals surface area contributed by atoms with Crippen molar-refractivity contribution in [1.29, 1.82) is 0 Å². The smallest absolute Gasteiger partial charge is 0.101 e. The molecule has 0 amide bonds. The molecule has 4 heteroatoms. The minimum Gasteiger partial charge on any atom is -0.394 e. The van der Waals surface area contributed by atoms with Crippen LogP contribution in [0.15, 0.2) is 54.6 Å². The number of nitrogens with zero attached hydrogens (tertiary/aromatic N) is 2. The van der Waals surface area contributed by atoms with Crippen LogP contribution in [0.1, 0.15) is 11.6 Å². The molecule has 0 aliphatic carbocycles. The Morgan fingerprint density at radius 3 is 2.27 bits per heavy atom. The van der Waals surface area contributed by atoms with E-state index in [0.29, 0.717) is 0 Å². The molecule has 2 N–H and O–H groups in total. The van der Waals surface area contributed by atoms with Crippen molar-refractivity contribution in [3.05, 3.63) is 60.2 Å². The number of aliphatic hydroxyl groups excluding tert-OH is 2. The lowest BCUT2D eigenvalue weighted by Crippen LogP contribution is -2.45. The molecular weight excluding hydrogens is 276 g/mol. The standard InChI is InChI=1S/C18H22N2O2/c1-19-11-12-20(16-10-6-5-9-15(16)19)18(17(22)13-21)14-7-3-2-4-8-14/h2-10,17-18,21-22H,11-13H2,1H3/t17-,18+/m0/s1. The second-order valence-corrected chi connectivity index (χ2v) is 5.71. The molecule has 1 aliphatic rings. The highest BCUT2D eigenvalue weighted by molar-refractivity contribution is 5.73. The van der Waals surface area contributed by atoms with E-state index in [0.717, 1.165) is 30.0 Å². The molecule has 0 spiro atoms. The highest BCUT2D eigenvalue weighted by Crippen LogP contribution is 2.38. The lowest BCUT2D eigenvalue weighted by atomic mass is 9.97. The largest absolute Gasteiger partial charge is 0.394 e. The fraction of sp³-hybridized carbons (Fsp3) is 0.333. The van der Waals surface area contributed by atoms with Gasteiger partial charge in [0.05, 0.1) is 24.0 Å². The first kappa shape index (κ1) is 14.9. The molecule has 0 saturated carbocycles. The van der Waals surface area contributed by atoms with Gasteiger partial charge in [-0.25, -0.2) is 0 Å². The Hall–Kier alpha value is -2.04. The molecule has 116 valence electrons. The van der Waals surface area contributed by atoms with E-state index in [1.807, 2.05) is 42.5 Å². The van der Waals surface area contributed by atoms with E-state index in [1.54, 1.807) is 0 Å². The maximum absolute atomic E-state index is 10.4. The first-order chi connectivity index (χ1) is 10.7. The number of aliphatic hydroxyl groups is 2. The number of para-hydroxylation sites is 2. The number of fused-ring (bicyclic) bond motifs is 1. The number of hydrogen-bond donors (Lipinski definition) is 2. The van der Waals surface area contributed by atoms with Gasteiger partial charge in [-0.05, 0) is 17.7 Å². The summed E-state index contributed by atoms with van der Waals surface area (Å²) in [5, 5.41) is 19.9. The Labute approximate surface area is 131 Å². The van der Waals surface area contributed by atoms with Crippen LogP contribution in [-0.2, 0) is 0 Å². The van der Waals surface area contributed by atoms with Gasteiger partial charge in [0.2, 0.25) is 0 Å². The second kappa shape index (κ2) is 6.38. The zero-order valence-electron chi connectivity index (χ0n) is 12.8. The third-order valence-electron chi connectivity index (χ3n) is 4.31. The van der Waals surface area contributed by atoms with Gasteiger partial charge in [0, 0.05) is 20.1 Å². The zero-order chi connectivity index (χ0) is 15.5. The van der Waals surface area contributed by atoms with Gasteiger partial charge < -0.3 is 20.0 Å². The second-order valence-electron chi connectivity index (χ2n) is 5.71. The molecule has 0 fully saturated rings. The zero-order valence-corrected chi connectivity index (χ0v) is 12.8. The number of rotatable bonds is 4. The van der Waals surface area contributed by atoms with E-state index < -0.39 is 6.10 Å². The van der Waals surface area contributed by atoms with Crippen LogP contribution < -0.4 is 9.80 Å². The average molecular weight is 298 g/mol. The van der Waals surface area contributed by atoms with E-state index in [-0.39, 0.29) is 12.6 Å². The van der Waals surface area contributed by atoms with Crippen molar-refractivity contribution in [1.82, 2.24) is 0 Å². The minimum atomic E-state index is -0.820. The summed E-state index contributed by atoms with van der Waals surface area (Å²) in [4.78, 5) is 4.42. The molecule has 2 aromatic rings. The van der Waals surface area contributed by atoms with Crippen molar-refractivity contribution in [2.45, 2.75) is 12.1 Å². The fourth-order valence-corrected chi connectivity index (χ4v) is 3.18. The Kier molecular flexibility index (Phi) is 4.32. The molecule has 0 aromatic heterocycles. The maximum Gasteiger partial charge on any atom is 0.101 e. The van der Waals surface area contributed by atoms with Crippen LogP contribution in [0.2, 0.25) is 0 Å². The normalized spacial score (nSPS) is 17.0.